The first-order chi connectivity index (χ1) is 18.7. The maximum atomic E-state index is 13.7. The Kier molecular flexibility index (Phi) is 6.07. The Hall–Kier alpha value is -4.29. The summed E-state index contributed by atoms with van der Waals surface area (Å²) in [4.78, 5) is 0.203. The molecule has 2 heterocycles. The second-order valence-corrected chi connectivity index (χ2v) is 11.8. The largest absolute Gasteiger partial charge is 0.456 e. The molecule has 6 aromatic rings. The molecule has 6 heteroatoms. The molecule has 0 bridgehead atoms. The average molecular weight is 535 g/mol. The Morgan fingerprint density at radius 1 is 0.718 bits per heavy atom. The number of hydrogen-bond acceptors (Lipinski definition) is 3. The Bertz CT molecular complexity index is 1930. The van der Waals surface area contributed by atoms with Crippen LogP contribution in [0.2, 0.25) is 0 Å². The number of benzene rings is 4. The third-order valence-electron chi connectivity index (χ3n) is 7.56. The number of anilines is 1. The van der Waals surface area contributed by atoms with Gasteiger partial charge in [-0.15, -0.1) is 0 Å². The Labute approximate surface area is 228 Å². The van der Waals surface area contributed by atoms with E-state index < -0.39 is 16.1 Å². The van der Waals surface area contributed by atoms with E-state index in [4.69, 9.17) is 4.42 Å². The van der Waals surface area contributed by atoms with Crippen LogP contribution in [0.1, 0.15) is 39.7 Å². The van der Waals surface area contributed by atoms with Crippen molar-refractivity contribution < 1.29 is 12.8 Å². The van der Waals surface area contributed by atoms with Gasteiger partial charge in [0.25, 0.3) is 10.0 Å². The van der Waals surface area contributed by atoms with Crippen LogP contribution < -0.4 is 4.72 Å². The summed E-state index contributed by atoms with van der Waals surface area (Å²) < 4.78 is 39.1. The highest BCUT2D eigenvalue weighted by Crippen LogP contribution is 2.43. The molecular formula is C33H30N2O3S. The van der Waals surface area contributed by atoms with Crippen LogP contribution in [0.5, 0.6) is 0 Å². The minimum Gasteiger partial charge on any atom is -0.456 e. The fourth-order valence-corrected chi connectivity index (χ4v) is 6.42. The van der Waals surface area contributed by atoms with Gasteiger partial charge in [-0.3, -0.25) is 4.72 Å². The molecule has 0 radical (unpaired) electrons. The summed E-state index contributed by atoms with van der Waals surface area (Å²) in [6.07, 6.45) is 0. The number of sulfonamides is 1. The summed E-state index contributed by atoms with van der Waals surface area (Å²) in [5, 5.41) is 1.87. The van der Waals surface area contributed by atoms with Gasteiger partial charge in [-0.1, -0.05) is 77.9 Å². The molecule has 0 aliphatic heterocycles. The highest BCUT2D eigenvalue weighted by molar-refractivity contribution is 7.92. The molecule has 0 aliphatic carbocycles. The van der Waals surface area contributed by atoms with Crippen LogP contribution in [0.15, 0.2) is 106 Å². The van der Waals surface area contributed by atoms with Crippen LogP contribution in [-0.4, -0.2) is 13.0 Å². The first-order valence-electron chi connectivity index (χ1n) is 13.0. The van der Waals surface area contributed by atoms with Gasteiger partial charge in [-0.2, -0.15) is 0 Å². The smallest absolute Gasteiger partial charge is 0.262 e. The van der Waals surface area contributed by atoms with E-state index in [-0.39, 0.29) is 4.90 Å². The van der Waals surface area contributed by atoms with Gasteiger partial charge in [-0.05, 0) is 69.2 Å². The summed E-state index contributed by atoms with van der Waals surface area (Å²) in [6.45, 7) is 8.22. The van der Waals surface area contributed by atoms with Gasteiger partial charge in [0.05, 0.1) is 4.90 Å². The van der Waals surface area contributed by atoms with E-state index >= 15 is 0 Å². The molecule has 0 amide bonds. The molecule has 1 N–H and O–H groups in total. The van der Waals surface area contributed by atoms with Crippen LogP contribution in [0.4, 0.5) is 5.69 Å². The third kappa shape index (κ3) is 4.31. The van der Waals surface area contributed by atoms with Crippen LogP contribution in [0.3, 0.4) is 0 Å². The monoisotopic (exact) mass is 534 g/mol. The Balaban J connectivity index is 1.64. The van der Waals surface area contributed by atoms with E-state index in [1.807, 2.05) is 43.3 Å². The zero-order valence-electron chi connectivity index (χ0n) is 22.4. The molecule has 0 saturated heterocycles. The number of furan rings is 1. The lowest BCUT2D eigenvalue weighted by atomic mass is 10.0. The van der Waals surface area contributed by atoms with Crippen LogP contribution >= 0.6 is 0 Å². The van der Waals surface area contributed by atoms with Crippen molar-refractivity contribution in [2.75, 3.05) is 4.72 Å². The average Bonchev–Trinajstić information content (AvgIpc) is 3.40. The fourth-order valence-electron chi connectivity index (χ4n) is 5.33. The van der Waals surface area contributed by atoms with Crippen LogP contribution in [0, 0.1) is 27.7 Å². The zero-order chi connectivity index (χ0) is 27.3. The van der Waals surface area contributed by atoms with Crippen molar-refractivity contribution in [3.8, 4) is 0 Å². The van der Waals surface area contributed by atoms with E-state index in [0.29, 0.717) is 22.4 Å². The summed E-state index contributed by atoms with van der Waals surface area (Å²) in [5.74, 6) is 0.541. The molecule has 0 aliphatic rings. The first-order valence-corrected chi connectivity index (χ1v) is 14.5. The van der Waals surface area contributed by atoms with E-state index in [0.717, 1.165) is 33.3 Å². The van der Waals surface area contributed by atoms with E-state index in [1.165, 1.54) is 5.56 Å². The molecule has 1 atom stereocenters. The Morgan fingerprint density at radius 3 is 2.00 bits per heavy atom. The molecule has 0 spiro atoms. The van der Waals surface area contributed by atoms with Gasteiger partial charge in [0.1, 0.15) is 17.3 Å². The van der Waals surface area contributed by atoms with Gasteiger partial charge in [0.15, 0.2) is 5.76 Å². The van der Waals surface area contributed by atoms with Crippen molar-refractivity contribution in [2.24, 2.45) is 0 Å². The number of rotatable bonds is 6. The van der Waals surface area contributed by atoms with Gasteiger partial charge in [0, 0.05) is 22.0 Å². The number of aryl methyl sites for hydroxylation is 3. The maximum absolute atomic E-state index is 13.7. The quantitative estimate of drug-likeness (QED) is 0.235. The van der Waals surface area contributed by atoms with Gasteiger partial charge < -0.3 is 8.98 Å². The predicted molar refractivity (Wildman–Crippen MR) is 158 cm³/mol. The molecule has 196 valence electrons. The summed E-state index contributed by atoms with van der Waals surface area (Å²) in [5.41, 5.74) is 7.55. The first kappa shape index (κ1) is 25.0. The number of nitrogens with zero attached hydrogens (tertiary/aromatic N) is 1. The molecule has 0 fully saturated rings. The Morgan fingerprint density at radius 2 is 1.31 bits per heavy atom. The van der Waals surface area contributed by atoms with Gasteiger partial charge in [-0.25, -0.2) is 8.42 Å². The molecule has 5 nitrogen and oxygen atoms in total. The molecule has 4 aromatic carbocycles. The lowest BCUT2D eigenvalue weighted by Gasteiger charge is -2.23. The van der Waals surface area contributed by atoms with E-state index in [9.17, 15) is 8.42 Å². The molecule has 1 unspecified atom stereocenters. The van der Waals surface area contributed by atoms with Crippen molar-refractivity contribution in [1.29, 1.82) is 0 Å². The highest BCUT2D eigenvalue weighted by atomic mass is 32.2. The molecular weight excluding hydrogens is 504 g/mol. The zero-order valence-corrected chi connectivity index (χ0v) is 23.2. The lowest BCUT2D eigenvalue weighted by Crippen LogP contribution is -2.18. The predicted octanol–water partition coefficient (Wildman–Crippen LogP) is 8.06. The number of nitrogens with one attached hydrogen (secondary N) is 1. The summed E-state index contributed by atoms with van der Waals surface area (Å²) >= 11 is 0. The number of para-hydroxylation sites is 2. The second-order valence-electron chi connectivity index (χ2n) is 10.2. The minimum atomic E-state index is -3.89. The normalized spacial score (nSPS) is 12.7. The SMILES string of the molecule is Cc1ccc(C(c2oc3ccccc3c2NS(=O)(=O)c2ccc(C)cc2)n2c(C)c(C)c3ccccc32)cc1. The minimum absolute atomic E-state index is 0.203. The van der Waals surface area contributed by atoms with Crippen molar-refractivity contribution in [2.45, 2.75) is 38.6 Å². The molecule has 0 saturated carbocycles. The lowest BCUT2D eigenvalue weighted by molar-refractivity contribution is 0.492. The third-order valence-corrected chi connectivity index (χ3v) is 8.93. The van der Waals surface area contributed by atoms with Gasteiger partial charge in [0.2, 0.25) is 0 Å². The molecule has 6 rings (SSSR count). The van der Waals surface area contributed by atoms with Crippen molar-refractivity contribution >= 4 is 37.6 Å². The van der Waals surface area contributed by atoms with Crippen LogP contribution in [-0.2, 0) is 10.0 Å². The standard InChI is InChI=1S/C33H30N2O3S/c1-21-13-17-25(18-14-21)32(35-24(4)23(3)27-9-5-7-11-29(27)35)33-31(28-10-6-8-12-30(28)38-33)34-39(36,37)26-19-15-22(2)16-20-26/h5-20,32,34H,1-4H3. The van der Waals surface area contributed by atoms with E-state index in [2.05, 4.69) is 66.5 Å². The van der Waals surface area contributed by atoms with Crippen LogP contribution in [0.25, 0.3) is 21.9 Å². The second kappa shape index (κ2) is 9.47. The molecule has 39 heavy (non-hydrogen) atoms. The summed E-state index contributed by atoms with van der Waals surface area (Å²) in [6, 6.07) is 30.7. The highest BCUT2D eigenvalue weighted by Gasteiger charge is 2.31. The maximum Gasteiger partial charge on any atom is 0.262 e. The molecule has 2 aromatic heterocycles. The van der Waals surface area contributed by atoms with E-state index in [1.54, 1.807) is 24.3 Å². The fraction of sp³-hybridized carbons (Fsp3) is 0.152. The summed E-state index contributed by atoms with van der Waals surface area (Å²) in [7, 11) is -3.89. The number of hydrogen-bond donors (Lipinski definition) is 1. The van der Waals surface area contributed by atoms with Crippen molar-refractivity contribution in [3.05, 3.63) is 131 Å². The number of aromatic nitrogens is 1. The van der Waals surface area contributed by atoms with Crippen molar-refractivity contribution in [3.63, 3.8) is 0 Å². The topological polar surface area (TPSA) is 64.2 Å². The van der Waals surface area contributed by atoms with Crippen molar-refractivity contribution in [1.82, 2.24) is 4.57 Å². The number of fused-ring (bicyclic) bond motifs is 2. The van der Waals surface area contributed by atoms with Gasteiger partial charge >= 0.3 is 0 Å².